The standard InChI is InChI=1S/C30H32F6N4O2.ClH/c1-19-8-6-7-9-23(19)24-17-26(40(42)12-10-38(4)11-13-40)37-18-25(24)39(5)27(41)28(2,3)20-14-21(29(31,32)33)16-22(15-20)30(34,35)36;/h6-9,14-18H,10-13H2,1-5H3;1H. The van der Waals surface area contributed by atoms with Crippen LogP contribution in [0.15, 0.2) is 54.7 Å². The van der Waals surface area contributed by atoms with Crippen LogP contribution in [0.1, 0.15) is 36.1 Å². The number of rotatable bonds is 5. The van der Waals surface area contributed by atoms with E-state index in [0.717, 1.165) is 5.56 Å². The molecule has 1 saturated heterocycles. The second-order valence-corrected chi connectivity index (χ2v) is 11.3. The Bertz CT molecular complexity index is 1450. The van der Waals surface area contributed by atoms with Crippen molar-refractivity contribution in [3.8, 4) is 11.1 Å². The number of likely N-dealkylation sites (N-methyl/N-ethyl adjacent to an activating group) is 2. The molecule has 0 aliphatic carbocycles. The predicted octanol–water partition coefficient (Wildman–Crippen LogP) is 7.21. The van der Waals surface area contributed by atoms with Crippen molar-refractivity contribution in [2.24, 2.45) is 0 Å². The Morgan fingerprint density at radius 3 is 1.93 bits per heavy atom. The number of piperazine rings is 1. The van der Waals surface area contributed by atoms with E-state index in [0.29, 0.717) is 36.3 Å². The van der Waals surface area contributed by atoms with E-state index in [1.165, 1.54) is 32.0 Å². The predicted molar refractivity (Wildman–Crippen MR) is 157 cm³/mol. The summed E-state index contributed by atoms with van der Waals surface area (Å²) < 4.78 is 80.8. The molecule has 234 valence electrons. The molecule has 2 aromatic carbocycles. The van der Waals surface area contributed by atoms with E-state index < -0.39 is 45.0 Å². The SMILES string of the molecule is Cc1ccccc1-c1cc([N+]2([O-])CCN(C)CC2)ncc1N(C)C(=O)C(C)(C)c1cc(C(F)(F)F)cc(C(F)(F)F)c1.Cl. The maximum atomic E-state index is 13.9. The molecule has 3 aromatic rings. The largest absolute Gasteiger partial charge is 0.626 e. The van der Waals surface area contributed by atoms with Gasteiger partial charge in [-0.05, 0) is 62.7 Å². The number of halogens is 7. The minimum Gasteiger partial charge on any atom is -0.626 e. The third-order valence-electron chi connectivity index (χ3n) is 7.92. The second kappa shape index (κ2) is 12.1. The first-order valence-corrected chi connectivity index (χ1v) is 13.3. The topological polar surface area (TPSA) is 59.5 Å². The van der Waals surface area contributed by atoms with Crippen molar-refractivity contribution in [3.05, 3.63) is 82.2 Å². The highest BCUT2D eigenvalue weighted by Gasteiger charge is 2.41. The average Bonchev–Trinajstić information content (AvgIpc) is 2.92. The van der Waals surface area contributed by atoms with Gasteiger partial charge >= 0.3 is 12.4 Å². The van der Waals surface area contributed by atoms with Gasteiger partial charge in [0.05, 0.1) is 41.5 Å². The zero-order valence-electron chi connectivity index (χ0n) is 24.3. The second-order valence-electron chi connectivity index (χ2n) is 11.3. The number of benzene rings is 2. The van der Waals surface area contributed by atoms with E-state index in [4.69, 9.17) is 0 Å². The van der Waals surface area contributed by atoms with E-state index in [9.17, 15) is 36.3 Å². The molecule has 0 saturated carbocycles. The first-order chi connectivity index (χ1) is 19.3. The molecule has 0 spiro atoms. The number of carbonyl (C=O) groups excluding carboxylic acids is 1. The molecule has 1 aliphatic heterocycles. The van der Waals surface area contributed by atoms with Crippen molar-refractivity contribution in [2.45, 2.75) is 38.5 Å². The molecular formula is C30H33ClF6N4O2. The summed E-state index contributed by atoms with van der Waals surface area (Å²) in [5.74, 6) is -0.511. The summed E-state index contributed by atoms with van der Waals surface area (Å²) in [7, 11) is 3.31. The Morgan fingerprint density at radius 2 is 1.42 bits per heavy atom. The van der Waals surface area contributed by atoms with E-state index in [2.05, 4.69) is 4.98 Å². The first kappa shape index (κ1) is 34.3. The van der Waals surface area contributed by atoms with Crippen LogP contribution in [-0.4, -0.2) is 56.1 Å². The lowest BCUT2D eigenvalue weighted by Gasteiger charge is -2.46. The zero-order valence-corrected chi connectivity index (χ0v) is 25.1. The van der Waals surface area contributed by atoms with Gasteiger partial charge in [0.25, 0.3) is 0 Å². The third kappa shape index (κ3) is 6.98. The Hall–Kier alpha value is -3.19. The summed E-state index contributed by atoms with van der Waals surface area (Å²) in [5.41, 5.74) is -2.95. The van der Waals surface area contributed by atoms with Crippen LogP contribution < -0.4 is 9.55 Å². The smallest absolute Gasteiger partial charge is 0.416 e. The minimum atomic E-state index is -5.06. The van der Waals surface area contributed by atoms with Gasteiger partial charge in [0.2, 0.25) is 11.7 Å². The van der Waals surface area contributed by atoms with Gasteiger partial charge < -0.3 is 14.8 Å². The zero-order chi connectivity index (χ0) is 31.3. The number of quaternary nitrogens is 1. The third-order valence-corrected chi connectivity index (χ3v) is 7.92. The molecule has 0 N–H and O–H groups in total. The van der Waals surface area contributed by atoms with E-state index in [1.54, 1.807) is 12.1 Å². The number of pyridine rings is 1. The first-order valence-electron chi connectivity index (χ1n) is 13.3. The van der Waals surface area contributed by atoms with Crippen LogP contribution in [0.4, 0.5) is 37.8 Å². The molecule has 2 heterocycles. The molecule has 6 nitrogen and oxygen atoms in total. The van der Waals surface area contributed by atoms with Crippen molar-refractivity contribution in [1.29, 1.82) is 0 Å². The van der Waals surface area contributed by atoms with Gasteiger partial charge in [-0.15, -0.1) is 12.4 Å². The summed E-state index contributed by atoms with van der Waals surface area (Å²) in [6.07, 6.45) is -8.74. The van der Waals surface area contributed by atoms with Crippen molar-refractivity contribution in [3.63, 3.8) is 0 Å². The summed E-state index contributed by atoms with van der Waals surface area (Å²) in [6.45, 7) is 6.08. The van der Waals surface area contributed by atoms with Crippen LogP contribution in [-0.2, 0) is 22.6 Å². The molecule has 0 bridgehead atoms. The number of hydrogen-bond donors (Lipinski definition) is 0. The van der Waals surface area contributed by atoms with Gasteiger partial charge in [0.1, 0.15) is 0 Å². The van der Waals surface area contributed by atoms with Crippen molar-refractivity contribution >= 4 is 29.8 Å². The summed E-state index contributed by atoms with van der Waals surface area (Å²) in [4.78, 5) is 21.5. The van der Waals surface area contributed by atoms with Crippen molar-refractivity contribution in [2.75, 3.05) is 45.2 Å². The molecule has 1 aromatic heterocycles. The lowest BCUT2D eigenvalue weighted by atomic mass is 9.81. The maximum absolute atomic E-state index is 13.9. The highest BCUT2D eigenvalue weighted by Crippen LogP contribution is 2.41. The normalized spacial score (nSPS) is 16.0. The Kier molecular flexibility index (Phi) is 9.63. The molecule has 1 amide bonds. The Labute approximate surface area is 252 Å². The molecule has 43 heavy (non-hydrogen) atoms. The quantitative estimate of drug-likeness (QED) is 0.170. The van der Waals surface area contributed by atoms with Crippen LogP contribution in [0, 0.1) is 12.1 Å². The molecule has 0 unspecified atom stereocenters. The molecule has 13 heteroatoms. The van der Waals surface area contributed by atoms with Crippen molar-refractivity contribution < 1.29 is 31.1 Å². The lowest BCUT2D eigenvalue weighted by molar-refractivity contribution is -0.143. The lowest BCUT2D eigenvalue weighted by Crippen LogP contribution is -2.56. The fourth-order valence-electron chi connectivity index (χ4n) is 5.10. The highest BCUT2D eigenvalue weighted by atomic mass is 35.5. The molecular weight excluding hydrogens is 598 g/mol. The Morgan fingerprint density at radius 1 is 0.907 bits per heavy atom. The Balaban J connectivity index is 0.00000506. The molecule has 1 fully saturated rings. The number of alkyl halides is 6. The van der Waals surface area contributed by atoms with Gasteiger partial charge in [-0.2, -0.15) is 26.3 Å². The number of amides is 1. The fourth-order valence-corrected chi connectivity index (χ4v) is 5.10. The van der Waals surface area contributed by atoms with Crippen LogP contribution in [0.2, 0.25) is 0 Å². The molecule has 1 aliphatic rings. The van der Waals surface area contributed by atoms with Crippen molar-refractivity contribution in [1.82, 2.24) is 14.5 Å². The average molecular weight is 631 g/mol. The van der Waals surface area contributed by atoms with E-state index in [1.807, 2.05) is 37.1 Å². The molecule has 0 radical (unpaired) electrons. The number of nitrogens with zero attached hydrogens (tertiary/aromatic N) is 4. The van der Waals surface area contributed by atoms with Crippen LogP contribution >= 0.6 is 12.4 Å². The number of aromatic nitrogens is 1. The maximum Gasteiger partial charge on any atom is 0.416 e. The van der Waals surface area contributed by atoms with Gasteiger partial charge in [-0.3, -0.25) is 9.69 Å². The fraction of sp³-hybridized carbons (Fsp3) is 0.400. The number of hydrogen-bond acceptors (Lipinski definition) is 4. The van der Waals surface area contributed by atoms with Gasteiger partial charge in [-0.1, -0.05) is 24.3 Å². The van der Waals surface area contributed by atoms with E-state index >= 15 is 0 Å². The van der Waals surface area contributed by atoms with E-state index in [-0.39, 0.29) is 43.1 Å². The van der Waals surface area contributed by atoms with Gasteiger partial charge in [0, 0.05) is 31.8 Å². The highest BCUT2D eigenvalue weighted by molar-refractivity contribution is 6.03. The monoisotopic (exact) mass is 630 g/mol. The van der Waals surface area contributed by atoms with Gasteiger partial charge in [0.15, 0.2) is 0 Å². The van der Waals surface area contributed by atoms with Gasteiger partial charge in [-0.25, -0.2) is 4.98 Å². The van der Waals surface area contributed by atoms with Crippen LogP contribution in [0.3, 0.4) is 0 Å². The van der Waals surface area contributed by atoms with Crippen LogP contribution in [0.5, 0.6) is 0 Å². The van der Waals surface area contributed by atoms with Crippen LogP contribution in [0.25, 0.3) is 11.1 Å². The molecule has 4 rings (SSSR count). The minimum absolute atomic E-state index is 0. The summed E-state index contributed by atoms with van der Waals surface area (Å²) in [6, 6.07) is 10.1. The summed E-state index contributed by atoms with van der Waals surface area (Å²) in [5, 5.41) is 13.7. The number of aryl methyl sites for hydroxylation is 1. The number of anilines is 1. The summed E-state index contributed by atoms with van der Waals surface area (Å²) >= 11 is 0. The number of hydroxylamine groups is 2. The molecule has 0 atom stereocenters. The number of carbonyl (C=O) groups is 1.